The third-order valence-corrected chi connectivity index (χ3v) is 7.00. The van der Waals surface area contributed by atoms with Crippen LogP contribution in [0.3, 0.4) is 0 Å². The van der Waals surface area contributed by atoms with Crippen LogP contribution < -0.4 is 10.2 Å². The minimum Gasteiger partial charge on any atom is -0.492 e. The third kappa shape index (κ3) is 7.42. The van der Waals surface area contributed by atoms with E-state index in [2.05, 4.69) is 27.3 Å². The average molecular weight is 564 g/mol. The van der Waals surface area contributed by atoms with Gasteiger partial charge in [-0.1, -0.05) is 13.0 Å². The van der Waals surface area contributed by atoms with Crippen LogP contribution in [0.2, 0.25) is 0 Å². The molecule has 2 aromatic carbocycles. The summed E-state index contributed by atoms with van der Waals surface area (Å²) < 4.78 is 17.3. The zero-order chi connectivity index (χ0) is 29.0. The summed E-state index contributed by atoms with van der Waals surface area (Å²) in [4.78, 5) is 35.8. The SMILES string of the molecule is CCC1CC(=O)NN=C1c1ccc2nc(-c3ccc(OCCN4CCN(OC(=O)OC(C)(C)C)CC4)cc3)oc2c1. The minimum atomic E-state index is -0.670. The molecule has 1 amide bonds. The molecule has 1 saturated heterocycles. The second-order valence-electron chi connectivity index (χ2n) is 11.2. The number of hydroxylamine groups is 2. The Labute approximate surface area is 239 Å². The van der Waals surface area contributed by atoms with Gasteiger partial charge in [-0.2, -0.15) is 5.10 Å². The average Bonchev–Trinajstić information content (AvgIpc) is 3.37. The number of hydrogen-bond acceptors (Lipinski definition) is 10. The minimum absolute atomic E-state index is 0.0545. The van der Waals surface area contributed by atoms with Crippen molar-refractivity contribution >= 4 is 28.9 Å². The highest BCUT2D eigenvalue weighted by Crippen LogP contribution is 2.28. The lowest BCUT2D eigenvalue weighted by molar-refractivity contribution is -0.158. The molecule has 3 heterocycles. The van der Waals surface area contributed by atoms with E-state index < -0.39 is 11.8 Å². The molecule has 1 N–H and O–H groups in total. The molecule has 11 nitrogen and oxygen atoms in total. The van der Waals surface area contributed by atoms with E-state index in [1.165, 1.54) is 0 Å². The highest BCUT2D eigenvalue weighted by atomic mass is 16.8. The van der Waals surface area contributed by atoms with Crippen molar-refractivity contribution in [1.82, 2.24) is 20.4 Å². The zero-order valence-electron chi connectivity index (χ0n) is 24.0. The van der Waals surface area contributed by atoms with Gasteiger partial charge in [-0.25, -0.2) is 15.2 Å². The molecule has 1 unspecified atom stereocenters. The Morgan fingerprint density at radius 3 is 2.51 bits per heavy atom. The Kier molecular flexibility index (Phi) is 8.55. The summed E-state index contributed by atoms with van der Waals surface area (Å²) in [6.45, 7) is 11.6. The van der Waals surface area contributed by atoms with Gasteiger partial charge < -0.3 is 18.7 Å². The first kappa shape index (κ1) is 28.6. The number of benzene rings is 2. The van der Waals surface area contributed by atoms with Gasteiger partial charge in [0.15, 0.2) is 5.58 Å². The monoisotopic (exact) mass is 563 g/mol. The summed E-state index contributed by atoms with van der Waals surface area (Å²) >= 11 is 0. The number of oxazole rings is 1. The van der Waals surface area contributed by atoms with E-state index in [1.54, 1.807) is 5.06 Å². The first-order chi connectivity index (χ1) is 19.7. The molecule has 0 aliphatic carbocycles. The number of hydrazone groups is 1. The Hall–Kier alpha value is -3.96. The van der Waals surface area contributed by atoms with Crippen LogP contribution in [0.25, 0.3) is 22.6 Å². The van der Waals surface area contributed by atoms with Gasteiger partial charge in [0.2, 0.25) is 11.8 Å². The van der Waals surface area contributed by atoms with Gasteiger partial charge in [0.25, 0.3) is 0 Å². The van der Waals surface area contributed by atoms with Crippen molar-refractivity contribution in [3.05, 3.63) is 48.0 Å². The van der Waals surface area contributed by atoms with Gasteiger partial charge >= 0.3 is 6.16 Å². The van der Waals surface area contributed by atoms with Crippen LogP contribution in [0, 0.1) is 5.92 Å². The molecule has 41 heavy (non-hydrogen) atoms. The van der Waals surface area contributed by atoms with Crippen LogP contribution in [-0.2, 0) is 14.4 Å². The van der Waals surface area contributed by atoms with Crippen molar-refractivity contribution < 1.29 is 28.3 Å². The highest BCUT2D eigenvalue weighted by Gasteiger charge is 2.25. The van der Waals surface area contributed by atoms with Gasteiger partial charge in [-0.15, -0.1) is 5.06 Å². The van der Waals surface area contributed by atoms with Gasteiger partial charge in [-0.05, 0) is 63.6 Å². The zero-order valence-corrected chi connectivity index (χ0v) is 24.0. The summed E-state index contributed by atoms with van der Waals surface area (Å²) in [6.07, 6.45) is 0.600. The Bertz CT molecular complexity index is 1400. The topological polar surface area (TPSA) is 119 Å². The molecule has 2 aliphatic rings. The molecule has 5 rings (SSSR count). The van der Waals surface area contributed by atoms with Crippen molar-refractivity contribution in [1.29, 1.82) is 0 Å². The van der Waals surface area contributed by atoms with Crippen LogP contribution in [0.1, 0.15) is 46.1 Å². The number of amides is 1. The molecule has 0 saturated carbocycles. The van der Waals surface area contributed by atoms with Crippen molar-refractivity contribution in [2.45, 2.75) is 46.1 Å². The smallest absolute Gasteiger partial charge is 0.492 e. The van der Waals surface area contributed by atoms with E-state index in [1.807, 2.05) is 63.2 Å². The van der Waals surface area contributed by atoms with Crippen molar-refractivity contribution in [2.24, 2.45) is 11.0 Å². The summed E-state index contributed by atoms with van der Waals surface area (Å²) in [5.41, 5.74) is 6.08. The van der Waals surface area contributed by atoms with Gasteiger partial charge in [0.1, 0.15) is 23.5 Å². The third-order valence-electron chi connectivity index (χ3n) is 7.00. The second kappa shape index (κ2) is 12.3. The molecule has 0 spiro atoms. The first-order valence-electron chi connectivity index (χ1n) is 14.1. The number of ether oxygens (including phenoxy) is 2. The van der Waals surface area contributed by atoms with Crippen LogP contribution in [0.15, 0.2) is 52.0 Å². The number of nitrogens with one attached hydrogen (secondary N) is 1. The van der Waals surface area contributed by atoms with Crippen molar-refractivity contribution in [3.8, 4) is 17.2 Å². The molecule has 1 atom stereocenters. The van der Waals surface area contributed by atoms with E-state index in [0.717, 1.165) is 54.2 Å². The molecule has 3 aromatic rings. The number of carbonyl (C=O) groups is 2. The predicted molar refractivity (Wildman–Crippen MR) is 153 cm³/mol. The lowest BCUT2D eigenvalue weighted by Crippen LogP contribution is -2.48. The summed E-state index contributed by atoms with van der Waals surface area (Å²) in [5, 5.41) is 5.95. The Morgan fingerprint density at radius 1 is 1.07 bits per heavy atom. The fraction of sp³-hybridized carbons (Fsp3) is 0.467. The Morgan fingerprint density at radius 2 is 1.80 bits per heavy atom. The molecule has 218 valence electrons. The molecular weight excluding hydrogens is 526 g/mol. The number of aromatic nitrogens is 1. The number of rotatable bonds is 8. The van der Waals surface area contributed by atoms with E-state index in [9.17, 15) is 9.59 Å². The number of hydrogen-bond donors (Lipinski definition) is 1. The fourth-order valence-corrected chi connectivity index (χ4v) is 4.83. The van der Waals surface area contributed by atoms with E-state index in [-0.39, 0.29) is 11.8 Å². The maximum atomic E-state index is 11.9. The lowest BCUT2D eigenvalue weighted by atomic mass is 9.90. The largest absolute Gasteiger partial charge is 0.528 e. The number of nitrogens with zero attached hydrogens (tertiary/aromatic N) is 4. The fourth-order valence-electron chi connectivity index (χ4n) is 4.83. The van der Waals surface area contributed by atoms with Crippen molar-refractivity contribution in [2.75, 3.05) is 39.3 Å². The number of fused-ring (bicyclic) bond motifs is 1. The van der Waals surface area contributed by atoms with Crippen molar-refractivity contribution in [3.63, 3.8) is 0 Å². The van der Waals surface area contributed by atoms with Crippen LogP contribution >= 0.6 is 0 Å². The molecule has 2 aliphatic heterocycles. The lowest BCUT2D eigenvalue weighted by Gasteiger charge is -2.33. The second-order valence-corrected chi connectivity index (χ2v) is 11.2. The van der Waals surface area contributed by atoms with Crippen LogP contribution in [-0.4, -0.2) is 77.7 Å². The maximum absolute atomic E-state index is 11.9. The van der Waals surface area contributed by atoms with E-state index >= 15 is 0 Å². The van der Waals surface area contributed by atoms with Gasteiger partial charge in [0, 0.05) is 56.2 Å². The normalized spacial score (nSPS) is 18.6. The molecule has 1 fully saturated rings. The number of piperazine rings is 1. The van der Waals surface area contributed by atoms with Crippen LogP contribution in [0.5, 0.6) is 5.75 Å². The Balaban J connectivity index is 1.11. The molecule has 11 heteroatoms. The molecule has 1 aromatic heterocycles. The maximum Gasteiger partial charge on any atom is 0.528 e. The molecule has 0 bridgehead atoms. The van der Waals surface area contributed by atoms with E-state index in [0.29, 0.717) is 37.6 Å². The van der Waals surface area contributed by atoms with Gasteiger partial charge in [0.05, 0.1) is 5.71 Å². The quantitative estimate of drug-likeness (QED) is 0.392. The first-order valence-corrected chi connectivity index (χ1v) is 14.1. The molecular formula is C30H37N5O6. The predicted octanol–water partition coefficient (Wildman–Crippen LogP) is 4.61. The van der Waals surface area contributed by atoms with E-state index in [4.69, 9.17) is 18.7 Å². The summed E-state index contributed by atoms with van der Waals surface area (Å²) in [7, 11) is 0. The highest BCUT2D eigenvalue weighted by molar-refractivity contribution is 6.07. The number of carbonyl (C=O) groups excluding carboxylic acids is 2. The standard InChI is InChI=1S/C30H37N5O6/c1-5-20-19-26(36)32-33-27(20)22-8-11-24-25(18-22)39-28(31-24)21-6-9-23(10-7-21)38-17-16-34-12-14-35(15-13-34)41-29(37)40-30(2,3)4/h6-11,18,20H,5,12-17,19H2,1-4H3,(H,32,36). The summed E-state index contributed by atoms with van der Waals surface area (Å²) in [6, 6.07) is 13.5. The summed E-state index contributed by atoms with van der Waals surface area (Å²) in [5.74, 6) is 1.32. The van der Waals surface area contributed by atoms with Gasteiger partial charge in [-0.3, -0.25) is 9.69 Å². The van der Waals surface area contributed by atoms with Crippen LogP contribution in [0.4, 0.5) is 4.79 Å². The molecule has 0 radical (unpaired) electrons.